The lowest BCUT2D eigenvalue weighted by atomic mass is 9.99. The van der Waals surface area contributed by atoms with E-state index in [2.05, 4.69) is 29.3 Å². The molecule has 25 heavy (non-hydrogen) atoms. The molecule has 3 rings (SSSR count). The van der Waals surface area contributed by atoms with Crippen LogP contribution in [-0.2, 0) is 6.54 Å². The van der Waals surface area contributed by atoms with Crippen LogP contribution in [0.4, 0.5) is 11.4 Å². The van der Waals surface area contributed by atoms with E-state index >= 15 is 0 Å². The van der Waals surface area contributed by atoms with Gasteiger partial charge < -0.3 is 11.1 Å². The van der Waals surface area contributed by atoms with Crippen molar-refractivity contribution < 1.29 is 4.79 Å². The number of piperidine rings is 1. The Morgan fingerprint density at radius 2 is 1.84 bits per heavy atom. The summed E-state index contributed by atoms with van der Waals surface area (Å²) in [4.78, 5) is 14.9. The van der Waals surface area contributed by atoms with Crippen molar-refractivity contribution in [3.8, 4) is 0 Å². The van der Waals surface area contributed by atoms with Gasteiger partial charge in [0.15, 0.2) is 0 Å². The third-order valence-electron chi connectivity index (χ3n) is 5.00. The predicted molar refractivity (Wildman–Crippen MR) is 104 cm³/mol. The van der Waals surface area contributed by atoms with Crippen LogP contribution < -0.4 is 11.1 Å². The molecule has 0 atom stereocenters. The fraction of sp³-hybridized carbons (Fsp3) is 0.381. The van der Waals surface area contributed by atoms with Gasteiger partial charge in [-0.2, -0.15) is 0 Å². The minimum absolute atomic E-state index is 0.123. The maximum atomic E-state index is 12.4. The van der Waals surface area contributed by atoms with E-state index in [1.54, 1.807) is 6.07 Å². The molecule has 0 aromatic heterocycles. The third kappa shape index (κ3) is 4.60. The topological polar surface area (TPSA) is 58.4 Å². The fourth-order valence-corrected chi connectivity index (χ4v) is 3.25. The molecular formula is C21H27N3O. The predicted octanol–water partition coefficient (Wildman–Crippen LogP) is 4.06. The second-order valence-electron chi connectivity index (χ2n) is 7.18. The third-order valence-corrected chi connectivity index (χ3v) is 5.00. The number of aryl methyl sites for hydroxylation is 1. The van der Waals surface area contributed by atoms with Gasteiger partial charge in [0.05, 0.1) is 0 Å². The molecule has 1 aliphatic heterocycles. The standard InChI is InChI=1S/C21H27N3O/c1-15-9-11-24(12-10-15)14-17-4-7-19(8-5-17)23-21(25)20-13-18(22)6-3-16(20)2/h3-8,13,15H,9-12,14,22H2,1-2H3,(H,23,25). The van der Waals surface area contributed by atoms with Crippen LogP contribution in [-0.4, -0.2) is 23.9 Å². The number of carbonyl (C=O) groups excluding carboxylic acids is 1. The van der Waals surface area contributed by atoms with Gasteiger partial charge in [-0.25, -0.2) is 0 Å². The molecule has 2 aromatic rings. The highest BCUT2D eigenvalue weighted by Crippen LogP contribution is 2.20. The molecule has 1 fully saturated rings. The van der Waals surface area contributed by atoms with Crippen LogP contribution in [0, 0.1) is 12.8 Å². The summed E-state index contributed by atoms with van der Waals surface area (Å²) in [5.41, 5.74) is 10.0. The van der Waals surface area contributed by atoms with E-state index in [4.69, 9.17) is 5.73 Å². The molecule has 1 amide bonds. The van der Waals surface area contributed by atoms with Crippen molar-refractivity contribution in [3.63, 3.8) is 0 Å². The van der Waals surface area contributed by atoms with Crippen LogP contribution in [0.5, 0.6) is 0 Å². The lowest BCUT2D eigenvalue weighted by Gasteiger charge is -2.30. The zero-order chi connectivity index (χ0) is 17.8. The van der Waals surface area contributed by atoms with Crippen molar-refractivity contribution in [3.05, 3.63) is 59.2 Å². The number of nitrogens with one attached hydrogen (secondary N) is 1. The molecule has 0 unspecified atom stereocenters. The number of rotatable bonds is 4. The fourth-order valence-electron chi connectivity index (χ4n) is 3.25. The summed E-state index contributed by atoms with van der Waals surface area (Å²) < 4.78 is 0. The van der Waals surface area contributed by atoms with Crippen LogP contribution >= 0.6 is 0 Å². The van der Waals surface area contributed by atoms with Crippen molar-refractivity contribution in [1.82, 2.24) is 4.90 Å². The van der Waals surface area contributed by atoms with Gasteiger partial charge in [-0.1, -0.05) is 25.1 Å². The molecule has 0 bridgehead atoms. The first-order valence-corrected chi connectivity index (χ1v) is 9.00. The molecule has 132 valence electrons. The van der Waals surface area contributed by atoms with Crippen LogP contribution in [0.15, 0.2) is 42.5 Å². The Kier molecular flexibility index (Phi) is 5.39. The smallest absolute Gasteiger partial charge is 0.256 e. The number of nitrogens with two attached hydrogens (primary N) is 1. The molecule has 4 heteroatoms. The Morgan fingerprint density at radius 1 is 1.16 bits per heavy atom. The van der Waals surface area contributed by atoms with Crippen molar-refractivity contribution in [2.24, 2.45) is 5.92 Å². The first kappa shape index (κ1) is 17.5. The monoisotopic (exact) mass is 337 g/mol. The van der Waals surface area contributed by atoms with Crippen LogP contribution in [0.1, 0.15) is 41.3 Å². The summed E-state index contributed by atoms with van der Waals surface area (Å²) >= 11 is 0. The summed E-state index contributed by atoms with van der Waals surface area (Å²) in [6.45, 7) is 7.58. The average Bonchev–Trinajstić information content (AvgIpc) is 2.60. The highest BCUT2D eigenvalue weighted by atomic mass is 16.1. The zero-order valence-corrected chi connectivity index (χ0v) is 15.1. The number of benzene rings is 2. The number of nitrogens with zero attached hydrogens (tertiary/aromatic N) is 1. The zero-order valence-electron chi connectivity index (χ0n) is 15.1. The molecule has 0 spiro atoms. The van der Waals surface area contributed by atoms with Crippen molar-refractivity contribution in [1.29, 1.82) is 0 Å². The van der Waals surface area contributed by atoms with Gasteiger partial charge in [-0.05, 0) is 74.2 Å². The van der Waals surface area contributed by atoms with Gasteiger partial charge >= 0.3 is 0 Å². The number of carbonyl (C=O) groups is 1. The number of likely N-dealkylation sites (tertiary alicyclic amines) is 1. The van der Waals surface area contributed by atoms with Crippen molar-refractivity contribution in [2.45, 2.75) is 33.2 Å². The molecule has 3 N–H and O–H groups in total. The van der Waals surface area contributed by atoms with Gasteiger partial charge in [-0.3, -0.25) is 9.69 Å². The Hall–Kier alpha value is -2.33. The van der Waals surface area contributed by atoms with Gasteiger partial charge in [-0.15, -0.1) is 0 Å². The van der Waals surface area contributed by atoms with Gasteiger partial charge in [0.1, 0.15) is 0 Å². The molecule has 0 radical (unpaired) electrons. The average molecular weight is 337 g/mol. The lowest BCUT2D eigenvalue weighted by molar-refractivity contribution is 0.102. The number of hydrogen-bond donors (Lipinski definition) is 2. The molecule has 1 heterocycles. The summed E-state index contributed by atoms with van der Waals surface area (Å²) in [6, 6.07) is 13.5. The Labute approximate surface area is 150 Å². The highest BCUT2D eigenvalue weighted by Gasteiger charge is 2.15. The summed E-state index contributed by atoms with van der Waals surface area (Å²) in [6.07, 6.45) is 2.57. The second-order valence-corrected chi connectivity index (χ2v) is 7.18. The second kappa shape index (κ2) is 7.70. The Morgan fingerprint density at radius 3 is 2.52 bits per heavy atom. The van der Waals surface area contributed by atoms with Crippen molar-refractivity contribution in [2.75, 3.05) is 24.1 Å². The van der Waals surface area contributed by atoms with E-state index < -0.39 is 0 Å². The lowest BCUT2D eigenvalue weighted by Crippen LogP contribution is -2.32. The number of amides is 1. The van der Waals surface area contributed by atoms with Gasteiger partial charge in [0.25, 0.3) is 5.91 Å². The molecule has 0 aliphatic carbocycles. The molecule has 2 aromatic carbocycles. The van der Waals surface area contributed by atoms with Gasteiger partial charge in [0.2, 0.25) is 0 Å². The largest absolute Gasteiger partial charge is 0.399 e. The minimum Gasteiger partial charge on any atom is -0.399 e. The van der Waals surface area contributed by atoms with Crippen LogP contribution in [0.3, 0.4) is 0 Å². The van der Waals surface area contributed by atoms with Gasteiger partial charge in [0, 0.05) is 23.5 Å². The van der Waals surface area contributed by atoms with E-state index in [0.717, 1.165) is 23.7 Å². The first-order valence-electron chi connectivity index (χ1n) is 9.00. The van der Waals surface area contributed by atoms with Crippen molar-refractivity contribution >= 4 is 17.3 Å². The van der Waals surface area contributed by atoms with E-state index in [1.165, 1.54) is 31.5 Å². The van der Waals surface area contributed by atoms with E-state index in [-0.39, 0.29) is 5.91 Å². The number of nitrogen functional groups attached to an aromatic ring is 1. The molecule has 0 saturated carbocycles. The highest BCUT2D eigenvalue weighted by molar-refractivity contribution is 6.05. The molecular weight excluding hydrogens is 310 g/mol. The molecule has 1 saturated heterocycles. The first-order chi connectivity index (χ1) is 12.0. The van der Waals surface area contributed by atoms with Crippen LogP contribution in [0.2, 0.25) is 0 Å². The maximum absolute atomic E-state index is 12.4. The number of anilines is 2. The quantitative estimate of drug-likeness (QED) is 0.827. The Balaban J connectivity index is 1.60. The molecule has 4 nitrogen and oxygen atoms in total. The van der Waals surface area contributed by atoms with Crippen LogP contribution in [0.25, 0.3) is 0 Å². The maximum Gasteiger partial charge on any atom is 0.256 e. The van der Waals surface area contributed by atoms with E-state index in [1.807, 2.05) is 31.2 Å². The summed E-state index contributed by atoms with van der Waals surface area (Å²) in [5, 5.41) is 2.95. The Bertz CT molecular complexity index is 731. The SMILES string of the molecule is Cc1ccc(N)cc1C(=O)Nc1ccc(CN2CCC(C)CC2)cc1. The van der Waals surface area contributed by atoms with E-state index in [9.17, 15) is 4.79 Å². The summed E-state index contributed by atoms with van der Waals surface area (Å²) in [5.74, 6) is 0.729. The van der Waals surface area contributed by atoms with E-state index in [0.29, 0.717) is 11.3 Å². The normalized spacial score (nSPS) is 15.9. The minimum atomic E-state index is -0.123. The summed E-state index contributed by atoms with van der Waals surface area (Å²) in [7, 11) is 0. The molecule has 1 aliphatic rings. The number of hydrogen-bond acceptors (Lipinski definition) is 3.